The van der Waals surface area contributed by atoms with Crippen LogP contribution in [0.3, 0.4) is 0 Å². The van der Waals surface area contributed by atoms with Gasteiger partial charge < -0.3 is 26.4 Å². The number of nitrogen functional groups attached to an aromatic ring is 1. The molecule has 0 aliphatic carbocycles. The first-order valence-electron chi connectivity index (χ1n) is 12.6. The quantitative estimate of drug-likeness (QED) is 0.403. The Balaban J connectivity index is 1.62. The van der Waals surface area contributed by atoms with E-state index in [1.54, 1.807) is 62.1 Å². The molecule has 3 amide bonds. The number of methoxy groups -OCH3 is 1. The molecule has 1 aromatic carbocycles. The van der Waals surface area contributed by atoms with Crippen molar-refractivity contribution in [2.75, 3.05) is 24.8 Å². The van der Waals surface area contributed by atoms with E-state index in [2.05, 4.69) is 15.3 Å². The predicted octanol–water partition coefficient (Wildman–Crippen LogP) is 3.48. The summed E-state index contributed by atoms with van der Waals surface area (Å²) >= 11 is 0. The van der Waals surface area contributed by atoms with Crippen LogP contribution in [0.25, 0.3) is 11.3 Å². The van der Waals surface area contributed by atoms with Gasteiger partial charge in [0.2, 0.25) is 0 Å². The number of nitrogens with two attached hydrogens (primary N) is 2. The monoisotopic (exact) mass is 535 g/mol. The van der Waals surface area contributed by atoms with Crippen molar-refractivity contribution >= 4 is 23.7 Å². The number of ether oxygens (including phenoxy) is 2. The third-order valence-corrected chi connectivity index (χ3v) is 6.23. The third kappa shape index (κ3) is 6.11. The molecule has 1 aliphatic heterocycles. The summed E-state index contributed by atoms with van der Waals surface area (Å²) < 4.78 is 11.9. The highest BCUT2D eigenvalue weighted by Gasteiger charge is 2.36. The number of likely N-dealkylation sites (tertiary alicyclic amines) is 1. The maximum atomic E-state index is 13.0. The Morgan fingerprint density at radius 3 is 2.46 bits per heavy atom. The molecule has 12 nitrogen and oxygen atoms in total. The van der Waals surface area contributed by atoms with Gasteiger partial charge in [0.1, 0.15) is 22.9 Å². The number of piperidine rings is 1. The second kappa shape index (κ2) is 11.0. The Hall–Kier alpha value is -4.61. The Morgan fingerprint density at radius 2 is 1.82 bits per heavy atom. The zero-order valence-corrected chi connectivity index (χ0v) is 22.4. The van der Waals surface area contributed by atoms with E-state index in [0.29, 0.717) is 41.5 Å². The highest BCUT2D eigenvalue weighted by Crippen LogP contribution is 2.34. The van der Waals surface area contributed by atoms with Crippen LogP contribution in [0.2, 0.25) is 0 Å². The number of imidazole rings is 1. The number of hydrogen-bond donors (Lipinski definition) is 3. The Bertz CT molecular complexity index is 1380. The molecule has 1 atom stereocenters. The number of primary amides is 1. The molecule has 0 bridgehead atoms. The minimum atomic E-state index is -0.767. The van der Waals surface area contributed by atoms with Crippen LogP contribution in [0, 0.1) is 0 Å². The summed E-state index contributed by atoms with van der Waals surface area (Å²) in [5, 5.41) is 2.72. The number of amides is 3. The number of benzene rings is 1. The average Bonchev–Trinajstić information content (AvgIpc) is 3.25. The summed E-state index contributed by atoms with van der Waals surface area (Å²) in [6.07, 6.45) is 3.32. The first-order chi connectivity index (χ1) is 18.5. The maximum absolute atomic E-state index is 13.0. The van der Waals surface area contributed by atoms with Crippen molar-refractivity contribution < 1.29 is 23.9 Å². The van der Waals surface area contributed by atoms with Crippen LogP contribution >= 0.6 is 0 Å². The van der Waals surface area contributed by atoms with Crippen molar-refractivity contribution in [3.8, 4) is 17.0 Å². The summed E-state index contributed by atoms with van der Waals surface area (Å²) in [7, 11) is 1.53. The second-order valence-corrected chi connectivity index (χ2v) is 10.2. The molecular weight excluding hydrogens is 502 g/mol. The van der Waals surface area contributed by atoms with Gasteiger partial charge in [-0.05, 0) is 58.2 Å². The molecule has 3 heterocycles. The molecule has 5 N–H and O–H groups in total. The van der Waals surface area contributed by atoms with E-state index in [-0.39, 0.29) is 17.3 Å². The molecular formula is C27H33N7O5. The molecule has 39 heavy (non-hydrogen) atoms. The summed E-state index contributed by atoms with van der Waals surface area (Å²) in [4.78, 5) is 48.5. The maximum Gasteiger partial charge on any atom is 0.410 e. The van der Waals surface area contributed by atoms with Crippen molar-refractivity contribution in [2.45, 2.75) is 51.7 Å². The van der Waals surface area contributed by atoms with Crippen LogP contribution in [0.4, 0.5) is 10.6 Å². The van der Waals surface area contributed by atoms with Gasteiger partial charge in [0.05, 0.1) is 13.2 Å². The van der Waals surface area contributed by atoms with Crippen LogP contribution in [0.15, 0.2) is 42.6 Å². The fraction of sp³-hybridized carbons (Fsp3) is 0.370. The van der Waals surface area contributed by atoms with Gasteiger partial charge in [-0.2, -0.15) is 0 Å². The van der Waals surface area contributed by atoms with Crippen LogP contribution in [0.1, 0.15) is 72.7 Å². The van der Waals surface area contributed by atoms with E-state index in [4.69, 9.17) is 21.1 Å². The summed E-state index contributed by atoms with van der Waals surface area (Å²) in [6, 6.07) is 9.28. The molecule has 1 saturated heterocycles. The first-order valence-corrected chi connectivity index (χ1v) is 12.6. The van der Waals surface area contributed by atoms with E-state index < -0.39 is 23.6 Å². The van der Waals surface area contributed by atoms with E-state index in [1.807, 2.05) is 0 Å². The third-order valence-electron chi connectivity index (χ3n) is 6.23. The minimum Gasteiger partial charge on any atom is -0.497 e. The molecule has 0 unspecified atom stereocenters. The summed E-state index contributed by atoms with van der Waals surface area (Å²) in [5.74, 6) is 6.43. The number of carbonyl (C=O) groups excluding carboxylic acids is 3. The SMILES string of the molecule is COc1ccnc(NC(=O)c2ccc(-c3nc([C@@H]4CCCCN4C(=O)OC(C)(C)C)n(N)c3C(N)=O)cc2)c1. The predicted molar refractivity (Wildman–Crippen MR) is 145 cm³/mol. The van der Waals surface area contributed by atoms with Crippen molar-refractivity contribution in [1.29, 1.82) is 0 Å². The van der Waals surface area contributed by atoms with Gasteiger partial charge in [0.15, 0.2) is 11.5 Å². The van der Waals surface area contributed by atoms with E-state index in [0.717, 1.165) is 17.5 Å². The van der Waals surface area contributed by atoms with Crippen molar-refractivity contribution in [1.82, 2.24) is 19.5 Å². The fourth-order valence-electron chi connectivity index (χ4n) is 4.44. The standard InChI is InChI=1S/C27H33N7O5/c1-27(2,3)39-26(37)33-14-6-5-7-19(33)24-32-21(22(23(28)35)34(24)29)16-8-10-17(11-9-16)25(36)31-20-15-18(38-4)12-13-30-20/h8-13,15,19H,5-7,14,29H2,1-4H3,(H2,28,35)(H,30,31,36)/t19-/m0/s1. The van der Waals surface area contributed by atoms with E-state index >= 15 is 0 Å². The lowest BCUT2D eigenvalue weighted by Gasteiger charge is -2.36. The molecule has 206 valence electrons. The molecule has 3 aromatic rings. The minimum absolute atomic E-state index is 0.00232. The Kier molecular flexibility index (Phi) is 7.75. The van der Waals surface area contributed by atoms with E-state index in [1.165, 1.54) is 13.3 Å². The van der Waals surface area contributed by atoms with Gasteiger partial charge in [-0.3, -0.25) is 14.5 Å². The molecule has 1 aliphatic rings. The second-order valence-electron chi connectivity index (χ2n) is 10.2. The number of rotatable bonds is 6. The van der Waals surface area contributed by atoms with Crippen molar-refractivity contribution in [2.24, 2.45) is 5.73 Å². The molecule has 1 fully saturated rings. The highest BCUT2D eigenvalue weighted by atomic mass is 16.6. The number of anilines is 1. The number of hydrogen-bond acceptors (Lipinski definition) is 8. The lowest BCUT2D eigenvalue weighted by atomic mass is 10.0. The first kappa shape index (κ1) is 27.4. The summed E-state index contributed by atoms with van der Waals surface area (Å²) in [5.41, 5.74) is 6.18. The molecule has 4 rings (SSSR count). The smallest absolute Gasteiger partial charge is 0.410 e. The Labute approximate surface area is 226 Å². The van der Waals surface area contributed by atoms with Gasteiger partial charge in [-0.15, -0.1) is 0 Å². The van der Waals surface area contributed by atoms with Gasteiger partial charge in [0.25, 0.3) is 11.8 Å². The zero-order valence-electron chi connectivity index (χ0n) is 22.4. The number of aromatic nitrogens is 3. The van der Waals surface area contributed by atoms with Crippen LogP contribution < -0.4 is 21.6 Å². The van der Waals surface area contributed by atoms with Crippen LogP contribution in [-0.2, 0) is 4.74 Å². The lowest BCUT2D eigenvalue weighted by Crippen LogP contribution is -2.43. The number of carbonyl (C=O) groups is 3. The van der Waals surface area contributed by atoms with Crippen molar-refractivity contribution in [3.63, 3.8) is 0 Å². The zero-order chi connectivity index (χ0) is 28.3. The molecule has 12 heteroatoms. The molecule has 0 spiro atoms. The normalized spacial score (nSPS) is 15.5. The van der Waals surface area contributed by atoms with Crippen LogP contribution in [0.5, 0.6) is 5.75 Å². The molecule has 0 saturated carbocycles. The lowest BCUT2D eigenvalue weighted by molar-refractivity contribution is 0.00821. The van der Waals surface area contributed by atoms with Crippen molar-refractivity contribution in [3.05, 3.63) is 59.7 Å². The Morgan fingerprint density at radius 1 is 1.10 bits per heavy atom. The largest absolute Gasteiger partial charge is 0.497 e. The molecule has 2 aromatic heterocycles. The van der Waals surface area contributed by atoms with Gasteiger partial charge in [-0.1, -0.05) is 12.1 Å². The number of nitrogens with one attached hydrogen (secondary N) is 1. The topological polar surface area (TPSA) is 168 Å². The average molecular weight is 536 g/mol. The van der Waals surface area contributed by atoms with Gasteiger partial charge >= 0.3 is 6.09 Å². The number of nitrogens with zero attached hydrogens (tertiary/aromatic N) is 4. The van der Waals surface area contributed by atoms with E-state index in [9.17, 15) is 14.4 Å². The summed E-state index contributed by atoms with van der Waals surface area (Å²) in [6.45, 7) is 5.87. The van der Waals surface area contributed by atoms with Crippen LogP contribution in [-0.4, -0.2) is 56.7 Å². The molecule has 0 radical (unpaired) electrons. The van der Waals surface area contributed by atoms with Gasteiger partial charge in [-0.25, -0.2) is 19.4 Å². The van der Waals surface area contributed by atoms with Gasteiger partial charge in [0, 0.05) is 29.9 Å². The fourth-order valence-corrected chi connectivity index (χ4v) is 4.44. The number of pyridine rings is 1. The highest BCUT2D eigenvalue weighted by molar-refractivity contribution is 6.04.